The minimum absolute atomic E-state index is 0.341. The summed E-state index contributed by atoms with van der Waals surface area (Å²) in [5, 5.41) is 3.36. The van der Waals surface area contributed by atoms with Crippen molar-refractivity contribution in [3.05, 3.63) is 47.5 Å². The number of hydrogen-bond donors (Lipinski definition) is 1. The summed E-state index contributed by atoms with van der Waals surface area (Å²) >= 11 is 0. The predicted octanol–water partition coefficient (Wildman–Crippen LogP) is 2.12. The molecule has 1 aliphatic heterocycles. The highest BCUT2D eigenvalue weighted by Crippen LogP contribution is 2.25. The van der Waals surface area contributed by atoms with Crippen molar-refractivity contribution in [1.82, 2.24) is 19.8 Å². The number of imidazole rings is 1. The van der Waals surface area contributed by atoms with Crippen molar-refractivity contribution >= 4 is 5.69 Å². The van der Waals surface area contributed by atoms with E-state index < -0.39 is 0 Å². The maximum Gasteiger partial charge on any atom is 0.105 e. The topological polar surface area (TPSA) is 36.3 Å². The highest BCUT2D eigenvalue weighted by molar-refractivity contribution is 5.46. The lowest BCUT2D eigenvalue weighted by atomic mass is 10.1. The lowest BCUT2D eigenvalue weighted by molar-refractivity contribution is 0.180. The van der Waals surface area contributed by atoms with Crippen LogP contribution in [-0.4, -0.2) is 54.2 Å². The molecule has 5 nitrogen and oxygen atoms in total. The van der Waals surface area contributed by atoms with Gasteiger partial charge in [-0.3, -0.25) is 4.90 Å². The number of benzene rings is 1. The van der Waals surface area contributed by atoms with Crippen molar-refractivity contribution < 1.29 is 0 Å². The van der Waals surface area contributed by atoms with Crippen LogP contribution in [0.25, 0.3) is 0 Å². The van der Waals surface area contributed by atoms with Gasteiger partial charge in [-0.05, 0) is 33.0 Å². The standard InChI is InChI=1S/C19H29N5/c1-15-19(21-16(2)22(15)4)18(14-20-3)24-12-10-23(11-13-24)17-8-6-5-7-9-17/h5-9,18,20H,10-14H2,1-4H3. The van der Waals surface area contributed by atoms with E-state index in [0.29, 0.717) is 6.04 Å². The Kier molecular flexibility index (Phi) is 5.21. The molecule has 0 bridgehead atoms. The number of likely N-dealkylation sites (N-methyl/N-ethyl adjacent to an activating group) is 1. The first kappa shape index (κ1) is 17.0. The Labute approximate surface area is 145 Å². The van der Waals surface area contributed by atoms with Gasteiger partial charge in [-0.15, -0.1) is 0 Å². The molecule has 1 aromatic heterocycles. The zero-order valence-corrected chi connectivity index (χ0v) is 15.3. The summed E-state index contributed by atoms with van der Waals surface area (Å²) in [6, 6.07) is 11.1. The van der Waals surface area contributed by atoms with Gasteiger partial charge in [0.05, 0.1) is 11.7 Å². The SMILES string of the molecule is CNCC(c1nc(C)n(C)c1C)N1CCN(c2ccccc2)CC1. The van der Waals surface area contributed by atoms with Gasteiger partial charge in [-0.25, -0.2) is 4.98 Å². The van der Waals surface area contributed by atoms with E-state index in [2.05, 4.69) is 70.9 Å². The molecule has 0 radical (unpaired) electrons. The second-order valence-electron chi connectivity index (χ2n) is 6.62. The first-order valence-corrected chi connectivity index (χ1v) is 8.80. The second kappa shape index (κ2) is 7.36. The summed E-state index contributed by atoms with van der Waals surface area (Å²) in [4.78, 5) is 9.90. The zero-order valence-electron chi connectivity index (χ0n) is 15.3. The number of rotatable bonds is 5. The highest BCUT2D eigenvalue weighted by Gasteiger charge is 2.28. The average molecular weight is 327 g/mol. The molecule has 1 unspecified atom stereocenters. The van der Waals surface area contributed by atoms with Crippen LogP contribution in [-0.2, 0) is 7.05 Å². The van der Waals surface area contributed by atoms with Crippen LogP contribution in [0.2, 0.25) is 0 Å². The third-order valence-corrected chi connectivity index (χ3v) is 5.23. The summed E-state index contributed by atoms with van der Waals surface area (Å²) < 4.78 is 2.19. The van der Waals surface area contributed by atoms with Crippen molar-refractivity contribution in [1.29, 1.82) is 0 Å². The molecule has 2 heterocycles. The van der Waals surface area contributed by atoms with Gasteiger partial charge in [0.25, 0.3) is 0 Å². The van der Waals surface area contributed by atoms with Crippen molar-refractivity contribution in [2.24, 2.45) is 7.05 Å². The summed E-state index contributed by atoms with van der Waals surface area (Å²) in [7, 11) is 4.13. The Balaban J connectivity index is 1.73. The number of piperazine rings is 1. The molecule has 3 rings (SSSR count). The first-order chi connectivity index (χ1) is 11.6. The molecule has 1 saturated heterocycles. The predicted molar refractivity (Wildman–Crippen MR) is 99.6 cm³/mol. The maximum atomic E-state index is 4.85. The Morgan fingerprint density at radius 3 is 2.29 bits per heavy atom. The van der Waals surface area contributed by atoms with Crippen molar-refractivity contribution in [3.63, 3.8) is 0 Å². The van der Waals surface area contributed by atoms with E-state index in [0.717, 1.165) is 38.5 Å². The second-order valence-corrected chi connectivity index (χ2v) is 6.62. The van der Waals surface area contributed by atoms with Gasteiger partial charge in [0, 0.05) is 51.2 Å². The Bertz CT molecular complexity index is 656. The Morgan fingerprint density at radius 1 is 1.08 bits per heavy atom. The highest BCUT2D eigenvalue weighted by atomic mass is 15.3. The van der Waals surface area contributed by atoms with Gasteiger partial charge < -0.3 is 14.8 Å². The van der Waals surface area contributed by atoms with Gasteiger partial charge in [0.15, 0.2) is 0 Å². The fraction of sp³-hybridized carbons (Fsp3) is 0.526. The number of anilines is 1. The van der Waals surface area contributed by atoms with Crippen LogP contribution in [0.1, 0.15) is 23.3 Å². The van der Waals surface area contributed by atoms with Crippen molar-refractivity contribution in [2.75, 3.05) is 44.7 Å². The van der Waals surface area contributed by atoms with E-state index in [1.807, 2.05) is 7.05 Å². The third-order valence-electron chi connectivity index (χ3n) is 5.23. The van der Waals surface area contributed by atoms with Crippen molar-refractivity contribution in [2.45, 2.75) is 19.9 Å². The quantitative estimate of drug-likeness (QED) is 0.913. The van der Waals surface area contributed by atoms with Crippen molar-refractivity contribution in [3.8, 4) is 0 Å². The summed E-state index contributed by atoms with van der Waals surface area (Å²) in [5.41, 5.74) is 3.82. The normalized spacial score (nSPS) is 17.2. The summed E-state index contributed by atoms with van der Waals surface area (Å²) in [6.07, 6.45) is 0. The maximum absolute atomic E-state index is 4.85. The molecule has 1 N–H and O–H groups in total. The number of para-hydroxylation sites is 1. The number of hydrogen-bond acceptors (Lipinski definition) is 4. The third kappa shape index (κ3) is 3.32. The molecule has 1 fully saturated rings. The molecule has 1 atom stereocenters. The van der Waals surface area contributed by atoms with Crippen LogP contribution in [0.4, 0.5) is 5.69 Å². The van der Waals surface area contributed by atoms with Gasteiger partial charge in [-0.1, -0.05) is 18.2 Å². The van der Waals surface area contributed by atoms with E-state index in [1.54, 1.807) is 0 Å². The molecule has 1 aromatic carbocycles. The Morgan fingerprint density at radius 2 is 1.75 bits per heavy atom. The van der Waals surface area contributed by atoms with Gasteiger partial charge in [-0.2, -0.15) is 0 Å². The molecule has 0 amide bonds. The minimum atomic E-state index is 0.341. The van der Waals surface area contributed by atoms with E-state index in [4.69, 9.17) is 4.98 Å². The molecule has 1 aliphatic rings. The van der Waals surface area contributed by atoms with Gasteiger partial charge in [0.1, 0.15) is 5.82 Å². The van der Waals surface area contributed by atoms with Crippen LogP contribution in [0.5, 0.6) is 0 Å². The largest absolute Gasteiger partial charge is 0.369 e. The first-order valence-electron chi connectivity index (χ1n) is 8.80. The van der Waals surface area contributed by atoms with Crippen LogP contribution in [0.15, 0.2) is 30.3 Å². The summed E-state index contributed by atoms with van der Waals surface area (Å²) in [5.74, 6) is 1.09. The summed E-state index contributed by atoms with van der Waals surface area (Å²) in [6.45, 7) is 9.46. The molecule has 0 aliphatic carbocycles. The molecule has 5 heteroatoms. The smallest absolute Gasteiger partial charge is 0.105 e. The number of aryl methyl sites for hydroxylation is 1. The lowest BCUT2D eigenvalue weighted by Crippen LogP contribution is -2.49. The molecule has 130 valence electrons. The molecule has 24 heavy (non-hydrogen) atoms. The van der Waals surface area contributed by atoms with Gasteiger partial charge in [0.2, 0.25) is 0 Å². The zero-order chi connectivity index (χ0) is 17.1. The van der Waals surface area contributed by atoms with E-state index >= 15 is 0 Å². The Hall–Kier alpha value is -1.85. The number of nitrogens with zero attached hydrogens (tertiary/aromatic N) is 4. The molecule has 0 saturated carbocycles. The molecular weight excluding hydrogens is 298 g/mol. The fourth-order valence-electron chi connectivity index (χ4n) is 3.58. The van der Waals surface area contributed by atoms with E-state index in [9.17, 15) is 0 Å². The van der Waals surface area contributed by atoms with E-state index in [-0.39, 0.29) is 0 Å². The van der Waals surface area contributed by atoms with Crippen LogP contribution in [0.3, 0.4) is 0 Å². The minimum Gasteiger partial charge on any atom is -0.369 e. The monoisotopic (exact) mass is 327 g/mol. The number of nitrogens with one attached hydrogen (secondary N) is 1. The van der Waals surface area contributed by atoms with Crippen LogP contribution in [0, 0.1) is 13.8 Å². The van der Waals surface area contributed by atoms with Gasteiger partial charge >= 0.3 is 0 Å². The number of aromatic nitrogens is 2. The molecule has 2 aromatic rings. The van der Waals surface area contributed by atoms with Crippen LogP contribution < -0.4 is 10.2 Å². The average Bonchev–Trinajstić information content (AvgIpc) is 2.88. The fourth-order valence-corrected chi connectivity index (χ4v) is 3.58. The molecule has 0 spiro atoms. The molecular formula is C19H29N5. The van der Waals surface area contributed by atoms with Crippen LogP contribution >= 0.6 is 0 Å². The van der Waals surface area contributed by atoms with E-state index in [1.165, 1.54) is 17.1 Å². The lowest BCUT2D eigenvalue weighted by Gasteiger charge is -2.40.